The molecule has 39 heavy (non-hydrogen) atoms. The smallest absolute Gasteiger partial charge is 0.295 e. The van der Waals surface area contributed by atoms with Crippen molar-refractivity contribution in [2.24, 2.45) is 0 Å². The van der Waals surface area contributed by atoms with Crippen LogP contribution in [0.1, 0.15) is 23.6 Å². The Labute approximate surface area is 229 Å². The molecule has 0 spiro atoms. The van der Waals surface area contributed by atoms with E-state index in [2.05, 4.69) is 6.58 Å². The molecule has 3 rings (SSSR count). The first-order valence-electron chi connectivity index (χ1n) is 12.3. The summed E-state index contributed by atoms with van der Waals surface area (Å²) in [6.45, 7) is 4.88. The number of carbonyl (C=O) groups is 2. The molecule has 2 aromatic rings. The Balaban J connectivity index is 2.13. The highest BCUT2D eigenvalue weighted by molar-refractivity contribution is 7.89. The summed E-state index contributed by atoms with van der Waals surface area (Å²) in [5.74, 6) is -1.08. The highest BCUT2D eigenvalue weighted by atomic mass is 32.2. The molecule has 210 valence electrons. The first-order valence-corrected chi connectivity index (χ1v) is 13.8. The summed E-state index contributed by atoms with van der Waals surface area (Å²) in [5, 5.41) is 11.3. The van der Waals surface area contributed by atoms with Crippen LogP contribution in [0.3, 0.4) is 0 Å². The summed E-state index contributed by atoms with van der Waals surface area (Å²) in [4.78, 5) is 30.0. The van der Waals surface area contributed by atoms with E-state index in [9.17, 15) is 23.1 Å². The number of Topliss-reactive ketones (excluding diaryl/α,β-unsaturated/α-hetero) is 1. The van der Waals surface area contributed by atoms with E-state index in [1.807, 2.05) is 19.0 Å². The lowest BCUT2D eigenvalue weighted by Crippen LogP contribution is -2.32. The van der Waals surface area contributed by atoms with Crippen LogP contribution in [-0.4, -0.2) is 94.3 Å². The number of methoxy groups -OCH3 is 1. The van der Waals surface area contributed by atoms with Crippen LogP contribution in [0.15, 0.2) is 65.6 Å². The molecule has 0 radical (unpaired) electrons. The Hall–Kier alpha value is -3.67. The summed E-state index contributed by atoms with van der Waals surface area (Å²) in [6, 6.07) is 9.70. The van der Waals surface area contributed by atoms with Crippen LogP contribution in [0.4, 0.5) is 0 Å². The summed E-state index contributed by atoms with van der Waals surface area (Å²) in [6.07, 6.45) is 2.20. The zero-order valence-corrected chi connectivity index (χ0v) is 23.7. The number of aliphatic hydroxyl groups is 1. The number of sulfonamides is 1. The molecule has 11 heteroatoms. The van der Waals surface area contributed by atoms with Crippen LogP contribution < -0.4 is 9.47 Å². The van der Waals surface area contributed by atoms with Crippen molar-refractivity contribution in [2.45, 2.75) is 17.4 Å². The Morgan fingerprint density at radius 1 is 1.08 bits per heavy atom. The van der Waals surface area contributed by atoms with E-state index in [1.165, 1.54) is 50.4 Å². The number of amides is 1. The molecule has 1 heterocycles. The van der Waals surface area contributed by atoms with Gasteiger partial charge in [-0.15, -0.1) is 0 Å². The fraction of sp³-hybridized carbons (Fsp3) is 0.357. The van der Waals surface area contributed by atoms with Crippen LogP contribution in [0.25, 0.3) is 5.76 Å². The van der Waals surface area contributed by atoms with E-state index in [0.29, 0.717) is 30.0 Å². The summed E-state index contributed by atoms with van der Waals surface area (Å²) < 4.78 is 37.1. The van der Waals surface area contributed by atoms with Crippen LogP contribution in [0, 0.1) is 0 Å². The SMILES string of the molecule is C=CCOc1ccc(C2C(=C(O)c3ccc(S(=O)(=O)N(C)C)cc3)C(=O)C(=O)N2CCCN(C)C)cc1OC. The highest BCUT2D eigenvalue weighted by Gasteiger charge is 2.46. The number of hydrogen-bond donors (Lipinski definition) is 1. The largest absolute Gasteiger partial charge is 0.507 e. The van der Waals surface area contributed by atoms with Gasteiger partial charge in [0.15, 0.2) is 11.5 Å². The molecule has 0 aliphatic carbocycles. The Morgan fingerprint density at radius 3 is 2.31 bits per heavy atom. The van der Waals surface area contributed by atoms with Gasteiger partial charge in [0.25, 0.3) is 11.7 Å². The molecular weight excluding hydrogens is 522 g/mol. The minimum atomic E-state index is -3.69. The number of ketones is 1. The van der Waals surface area contributed by atoms with Gasteiger partial charge in [0, 0.05) is 26.2 Å². The molecule has 1 aliphatic heterocycles. The molecule has 1 fully saturated rings. The van der Waals surface area contributed by atoms with E-state index in [4.69, 9.17) is 9.47 Å². The highest BCUT2D eigenvalue weighted by Crippen LogP contribution is 2.42. The maximum Gasteiger partial charge on any atom is 0.295 e. The molecule has 1 unspecified atom stereocenters. The van der Waals surface area contributed by atoms with Gasteiger partial charge in [-0.25, -0.2) is 12.7 Å². The second kappa shape index (κ2) is 12.5. The van der Waals surface area contributed by atoms with E-state index in [1.54, 1.807) is 24.3 Å². The van der Waals surface area contributed by atoms with Gasteiger partial charge in [-0.1, -0.05) is 18.7 Å². The normalized spacial score (nSPS) is 17.2. The van der Waals surface area contributed by atoms with E-state index in [-0.39, 0.29) is 29.2 Å². The van der Waals surface area contributed by atoms with Gasteiger partial charge in [-0.2, -0.15) is 0 Å². The van der Waals surface area contributed by atoms with Gasteiger partial charge in [0.05, 0.1) is 23.6 Å². The second-order valence-electron chi connectivity index (χ2n) is 9.47. The molecule has 0 saturated carbocycles. The third kappa shape index (κ3) is 6.32. The van der Waals surface area contributed by atoms with Gasteiger partial charge in [0.1, 0.15) is 12.4 Å². The van der Waals surface area contributed by atoms with E-state index in [0.717, 1.165) is 4.31 Å². The third-order valence-corrected chi connectivity index (χ3v) is 8.14. The van der Waals surface area contributed by atoms with Crippen molar-refractivity contribution >= 4 is 27.5 Å². The lowest BCUT2D eigenvalue weighted by Gasteiger charge is -2.26. The summed E-state index contributed by atoms with van der Waals surface area (Å²) in [7, 11) is 4.47. The number of ether oxygens (including phenoxy) is 2. The average molecular weight is 558 g/mol. The number of benzene rings is 2. The topological polar surface area (TPSA) is 117 Å². The Morgan fingerprint density at radius 2 is 1.74 bits per heavy atom. The first kappa shape index (κ1) is 29.9. The number of nitrogens with zero attached hydrogens (tertiary/aromatic N) is 3. The van der Waals surface area contributed by atoms with Crippen molar-refractivity contribution in [1.82, 2.24) is 14.1 Å². The number of rotatable bonds is 12. The number of likely N-dealkylation sites (tertiary alicyclic amines) is 1. The minimum absolute atomic E-state index is 0.0320. The van der Waals surface area contributed by atoms with Crippen molar-refractivity contribution in [3.8, 4) is 11.5 Å². The lowest BCUT2D eigenvalue weighted by atomic mass is 9.95. The van der Waals surface area contributed by atoms with Crippen LogP contribution in [0.2, 0.25) is 0 Å². The van der Waals surface area contributed by atoms with Crippen molar-refractivity contribution < 1.29 is 32.6 Å². The van der Waals surface area contributed by atoms with Crippen LogP contribution in [-0.2, 0) is 19.6 Å². The quantitative estimate of drug-likeness (QED) is 0.183. The Kier molecular flexibility index (Phi) is 9.54. The van der Waals surface area contributed by atoms with Gasteiger partial charge >= 0.3 is 0 Å². The van der Waals surface area contributed by atoms with E-state index < -0.39 is 33.5 Å². The molecule has 0 aromatic heterocycles. The van der Waals surface area contributed by atoms with Gasteiger partial charge in [-0.05, 0) is 69.0 Å². The average Bonchev–Trinajstić information content (AvgIpc) is 3.16. The van der Waals surface area contributed by atoms with E-state index >= 15 is 0 Å². The molecule has 1 amide bonds. The van der Waals surface area contributed by atoms with Gasteiger partial charge in [-0.3, -0.25) is 9.59 Å². The minimum Gasteiger partial charge on any atom is -0.507 e. The predicted octanol–water partition coefficient (Wildman–Crippen LogP) is 2.88. The van der Waals surface area contributed by atoms with Crippen LogP contribution >= 0.6 is 0 Å². The predicted molar refractivity (Wildman–Crippen MR) is 148 cm³/mol. The van der Waals surface area contributed by atoms with Crippen molar-refractivity contribution in [2.75, 3.05) is 55.0 Å². The maximum absolute atomic E-state index is 13.3. The molecular formula is C28H35N3O7S. The fourth-order valence-electron chi connectivity index (χ4n) is 4.29. The molecule has 1 N–H and O–H groups in total. The Bertz CT molecular complexity index is 1370. The molecule has 2 aromatic carbocycles. The standard InChI is InChI=1S/C28H35N3O7S/c1-7-17-38-22-14-11-20(18-23(22)37-6)25-24(27(33)28(34)31(25)16-8-15-29(2)3)26(32)19-9-12-21(13-10-19)39(35,36)30(4)5/h7,9-14,18,25,32H,1,8,15-17H2,2-6H3. The van der Waals surface area contributed by atoms with Crippen molar-refractivity contribution in [3.05, 3.63) is 71.8 Å². The molecule has 1 aliphatic rings. The van der Waals surface area contributed by atoms with Crippen LogP contribution in [0.5, 0.6) is 11.5 Å². The van der Waals surface area contributed by atoms with Crippen molar-refractivity contribution in [3.63, 3.8) is 0 Å². The first-order chi connectivity index (χ1) is 18.4. The van der Waals surface area contributed by atoms with Gasteiger partial charge < -0.3 is 24.4 Å². The molecule has 10 nitrogen and oxygen atoms in total. The maximum atomic E-state index is 13.3. The third-order valence-electron chi connectivity index (χ3n) is 6.31. The zero-order valence-electron chi connectivity index (χ0n) is 22.9. The molecule has 0 bridgehead atoms. The number of aliphatic hydroxyl groups excluding tert-OH is 1. The van der Waals surface area contributed by atoms with Crippen molar-refractivity contribution in [1.29, 1.82) is 0 Å². The van der Waals surface area contributed by atoms with Gasteiger partial charge in [0.2, 0.25) is 10.0 Å². The lowest BCUT2D eigenvalue weighted by molar-refractivity contribution is -0.139. The molecule has 1 atom stereocenters. The number of hydrogen-bond acceptors (Lipinski definition) is 8. The zero-order chi connectivity index (χ0) is 28.9. The molecule has 1 saturated heterocycles. The summed E-state index contributed by atoms with van der Waals surface area (Å²) in [5.41, 5.74) is 0.673. The summed E-state index contributed by atoms with van der Waals surface area (Å²) >= 11 is 0. The number of carbonyl (C=O) groups excluding carboxylic acids is 2. The fourth-order valence-corrected chi connectivity index (χ4v) is 5.19. The monoisotopic (exact) mass is 557 g/mol. The second-order valence-corrected chi connectivity index (χ2v) is 11.6.